The molecule has 0 radical (unpaired) electrons. The van der Waals surface area contributed by atoms with Crippen LogP contribution in [0.4, 0.5) is 4.39 Å². The normalized spacial score (nSPS) is 11.8. The molecule has 142 valence electrons. The van der Waals surface area contributed by atoms with Gasteiger partial charge in [-0.15, -0.1) is 0 Å². The second-order valence-corrected chi connectivity index (χ2v) is 8.09. The maximum atomic E-state index is 14.7. The molecule has 1 aromatic heterocycles. The summed E-state index contributed by atoms with van der Waals surface area (Å²) in [6.45, 7) is 6.17. The van der Waals surface area contributed by atoms with Crippen molar-refractivity contribution in [2.45, 2.75) is 26.7 Å². The molecule has 0 saturated heterocycles. The molecule has 0 bridgehead atoms. The summed E-state index contributed by atoms with van der Waals surface area (Å²) in [4.78, 5) is 4.64. The molecule has 1 heterocycles. The molecular formula is C27H22FN. The fraction of sp³-hybridized carbons (Fsp3) is 0.148. The fourth-order valence-corrected chi connectivity index (χ4v) is 4.38. The molecule has 5 rings (SSSR count). The lowest BCUT2D eigenvalue weighted by Crippen LogP contribution is -1.95. The highest BCUT2D eigenvalue weighted by atomic mass is 19.1. The second kappa shape index (κ2) is 6.66. The van der Waals surface area contributed by atoms with Gasteiger partial charge in [0.1, 0.15) is 5.82 Å². The number of hydrogen-bond donors (Lipinski definition) is 0. The number of hydrogen-bond acceptors (Lipinski definition) is 1. The zero-order valence-corrected chi connectivity index (χ0v) is 16.8. The molecule has 0 spiro atoms. The van der Waals surface area contributed by atoms with Crippen molar-refractivity contribution in [3.63, 3.8) is 0 Å². The molecule has 0 atom stereocenters. The predicted octanol–water partition coefficient (Wildman–Crippen LogP) is 7.78. The molecule has 0 unspecified atom stereocenters. The maximum Gasteiger partial charge on any atom is 0.127 e. The maximum absolute atomic E-state index is 14.7. The van der Waals surface area contributed by atoms with Gasteiger partial charge in [0, 0.05) is 17.1 Å². The molecule has 1 nitrogen and oxygen atoms in total. The summed E-state index contributed by atoms with van der Waals surface area (Å²) in [6.07, 6.45) is 1.82. The number of pyridine rings is 1. The van der Waals surface area contributed by atoms with Crippen LogP contribution in [0.15, 0.2) is 72.9 Å². The SMILES string of the molecule is Cc1cc(-c2nccc3cc(C(C)C)c(F)cc23)cc2ccc3ccccc3c12. The van der Waals surface area contributed by atoms with Crippen molar-refractivity contribution in [1.29, 1.82) is 0 Å². The van der Waals surface area contributed by atoms with Gasteiger partial charge in [-0.25, -0.2) is 4.39 Å². The third-order valence-electron chi connectivity index (χ3n) is 5.82. The Kier molecular flexibility index (Phi) is 4.09. The van der Waals surface area contributed by atoms with Gasteiger partial charge in [0.25, 0.3) is 0 Å². The van der Waals surface area contributed by atoms with E-state index in [-0.39, 0.29) is 11.7 Å². The van der Waals surface area contributed by atoms with E-state index in [2.05, 4.69) is 60.4 Å². The summed E-state index contributed by atoms with van der Waals surface area (Å²) in [5.74, 6) is -0.0162. The first-order chi connectivity index (χ1) is 14.0. The summed E-state index contributed by atoms with van der Waals surface area (Å²) in [6, 6.07) is 22.7. The Morgan fingerprint density at radius 3 is 2.41 bits per heavy atom. The number of nitrogens with zero attached hydrogens (tertiary/aromatic N) is 1. The van der Waals surface area contributed by atoms with Crippen molar-refractivity contribution in [1.82, 2.24) is 4.98 Å². The van der Waals surface area contributed by atoms with Crippen LogP contribution in [0, 0.1) is 12.7 Å². The van der Waals surface area contributed by atoms with Gasteiger partial charge in [-0.05, 0) is 81.2 Å². The molecule has 0 saturated carbocycles. The van der Waals surface area contributed by atoms with Crippen molar-refractivity contribution in [3.05, 3.63) is 89.9 Å². The van der Waals surface area contributed by atoms with E-state index in [1.54, 1.807) is 6.07 Å². The predicted molar refractivity (Wildman–Crippen MR) is 121 cm³/mol. The minimum atomic E-state index is -0.162. The number of aryl methyl sites for hydroxylation is 1. The number of halogens is 1. The highest BCUT2D eigenvalue weighted by Crippen LogP contribution is 2.35. The van der Waals surface area contributed by atoms with Crippen LogP contribution in [0.5, 0.6) is 0 Å². The minimum Gasteiger partial charge on any atom is -0.256 e. The largest absolute Gasteiger partial charge is 0.256 e. The second-order valence-electron chi connectivity index (χ2n) is 8.09. The lowest BCUT2D eigenvalue weighted by atomic mass is 9.93. The Bertz CT molecular complexity index is 1400. The summed E-state index contributed by atoms with van der Waals surface area (Å²) < 4.78 is 14.7. The smallest absolute Gasteiger partial charge is 0.127 e. The molecule has 0 aliphatic heterocycles. The van der Waals surface area contributed by atoms with Crippen molar-refractivity contribution >= 4 is 32.3 Å². The van der Waals surface area contributed by atoms with Gasteiger partial charge >= 0.3 is 0 Å². The van der Waals surface area contributed by atoms with Crippen LogP contribution in [0.25, 0.3) is 43.6 Å². The number of aromatic nitrogens is 1. The van der Waals surface area contributed by atoms with E-state index in [1.165, 1.54) is 27.1 Å². The van der Waals surface area contributed by atoms with Gasteiger partial charge in [0.15, 0.2) is 0 Å². The average Bonchev–Trinajstić information content (AvgIpc) is 2.72. The van der Waals surface area contributed by atoms with Crippen LogP contribution in [0.2, 0.25) is 0 Å². The minimum absolute atomic E-state index is 0.146. The number of rotatable bonds is 2. The lowest BCUT2D eigenvalue weighted by Gasteiger charge is -2.13. The monoisotopic (exact) mass is 379 g/mol. The van der Waals surface area contributed by atoms with Crippen molar-refractivity contribution in [3.8, 4) is 11.3 Å². The quantitative estimate of drug-likeness (QED) is 0.285. The van der Waals surface area contributed by atoms with Crippen LogP contribution in [0.3, 0.4) is 0 Å². The molecular weight excluding hydrogens is 357 g/mol. The summed E-state index contributed by atoms with van der Waals surface area (Å²) >= 11 is 0. The number of fused-ring (bicyclic) bond motifs is 4. The van der Waals surface area contributed by atoms with E-state index in [9.17, 15) is 4.39 Å². The van der Waals surface area contributed by atoms with E-state index in [1.807, 2.05) is 32.2 Å². The highest BCUT2D eigenvalue weighted by molar-refractivity contribution is 6.10. The van der Waals surface area contributed by atoms with Crippen molar-refractivity contribution < 1.29 is 4.39 Å². The first-order valence-corrected chi connectivity index (χ1v) is 10.0. The molecule has 0 aliphatic carbocycles. The Morgan fingerprint density at radius 1 is 0.793 bits per heavy atom. The Hall–Kier alpha value is -3.26. The van der Waals surface area contributed by atoms with Crippen LogP contribution in [0.1, 0.15) is 30.9 Å². The molecule has 29 heavy (non-hydrogen) atoms. The van der Waals surface area contributed by atoms with Crippen LogP contribution in [-0.2, 0) is 0 Å². The topological polar surface area (TPSA) is 12.9 Å². The van der Waals surface area contributed by atoms with Gasteiger partial charge in [-0.3, -0.25) is 4.98 Å². The standard InChI is InChI=1S/C27H22FN/c1-16(2)23-14-19-10-11-29-27(24(19)15-25(23)28)21-12-17(3)26-20(13-21)9-8-18-6-4-5-7-22(18)26/h4-16H,1-3H3. The molecule has 0 aliphatic rings. The van der Waals surface area contributed by atoms with E-state index in [0.29, 0.717) is 0 Å². The van der Waals surface area contributed by atoms with E-state index < -0.39 is 0 Å². The lowest BCUT2D eigenvalue weighted by molar-refractivity contribution is 0.600. The number of benzene rings is 4. The third kappa shape index (κ3) is 2.87. The Labute approximate surface area is 169 Å². The van der Waals surface area contributed by atoms with Gasteiger partial charge in [0.2, 0.25) is 0 Å². The molecule has 5 aromatic rings. The van der Waals surface area contributed by atoms with Gasteiger partial charge < -0.3 is 0 Å². The molecule has 0 N–H and O–H groups in total. The van der Waals surface area contributed by atoms with Gasteiger partial charge in [-0.2, -0.15) is 0 Å². The van der Waals surface area contributed by atoms with Gasteiger partial charge in [-0.1, -0.05) is 50.2 Å². The third-order valence-corrected chi connectivity index (χ3v) is 5.82. The fourth-order valence-electron chi connectivity index (χ4n) is 4.38. The molecule has 2 heteroatoms. The molecule has 0 amide bonds. The molecule has 4 aromatic carbocycles. The van der Waals surface area contributed by atoms with Crippen molar-refractivity contribution in [2.24, 2.45) is 0 Å². The summed E-state index contributed by atoms with van der Waals surface area (Å²) in [5.41, 5.74) is 3.80. The van der Waals surface area contributed by atoms with Crippen molar-refractivity contribution in [2.75, 3.05) is 0 Å². The first-order valence-electron chi connectivity index (χ1n) is 10.0. The van der Waals surface area contributed by atoms with E-state index in [0.717, 1.165) is 27.6 Å². The average molecular weight is 379 g/mol. The van der Waals surface area contributed by atoms with Crippen LogP contribution in [-0.4, -0.2) is 4.98 Å². The summed E-state index contributed by atoms with van der Waals surface area (Å²) in [5, 5.41) is 6.82. The zero-order valence-electron chi connectivity index (χ0n) is 16.8. The summed E-state index contributed by atoms with van der Waals surface area (Å²) in [7, 11) is 0. The first kappa shape index (κ1) is 17.8. The van der Waals surface area contributed by atoms with Crippen LogP contribution >= 0.6 is 0 Å². The highest BCUT2D eigenvalue weighted by Gasteiger charge is 2.14. The zero-order chi connectivity index (χ0) is 20.1. The Morgan fingerprint density at radius 2 is 1.59 bits per heavy atom. The van der Waals surface area contributed by atoms with Crippen LogP contribution < -0.4 is 0 Å². The molecule has 0 fully saturated rings. The van der Waals surface area contributed by atoms with E-state index in [4.69, 9.17) is 0 Å². The van der Waals surface area contributed by atoms with Gasteiger partial charge in [0.05, 0.1) is 5.69 Å². The Balaban J connectivity index is 1.78. The van der Waals surface area contributed by atoms with E-state index >= 15 is 0 Å².